The Hall–Kier alpha value is -1.67. The highest BCUT2D eigenvalue weighted by Crippen LogP contribution is 2.11. The summed E-state index contributed by atoms with van der Waals surface area (Å²) in [5, 5.41) is 9.08. The first-order valence-corrected chi connectivity index (χ1v) is 13.5. The van der Waals surface area contributed by atoms with Crippen LogP contribution in [0.4, 0.5) is 0 Å². The van der Waals surface area contributed by atoms with Crippen molar-refractivity contribution in [3.05, 3.63) is 36.0 Å². The van der Waals surface area contributed by atoms with Crippen molar-refractivity contribution in [2.45, 2.75) is 19.8 Å². The molecule has 0 aromatic heterocycles. The molecule has 0 radical (unpaired) electrons. The second-order valence-electron chi connectivity index (χ2n) is 7.97. The Labute approximate surface area is 234 Å². The number of methoxy groups -OCH3 is 1. The third-order valence-electron chi connectivity index (χ3n) is 4.95. The number of carbonyl (C=O) groups is 1. The normalized spacial score (nSPS) is 12.3. The molecule has 39 heavy (non-hydrogen) atoms. The van der Waals surface area contributed by atoms with Crippen LogP contribution in [0.2, 0.25) is 0 Å². The second kappa shape index (κ2) is 30.9. The maximum absolute atomic E-state index is 11.1. The molecule has 0 unspecified atom stereocenters. The van der Waals surface area contributed by atoms with Gasteiger partial charge in [0.05, 0.1) is 111 Å². The molecule has 0 aromatic carbocycles. The summed E-state index contributed by atoms with van der Waals surface area (Å²) in [5.41, 5.74) is 1.13. The zero-order chi connectivity index (χ0) is 28.7. The molecule has 11 heteroatoms. The maximum Gasteiger partial charge on any atom is 0.335 e. The zero-order valence-corrected chi connectivity index (χ0v) is 23.9. The van der Waals surface area contributed by atoms with E-state index in [4.69, 9.17) is 47.7 Å². The van der Waals surface area contributed by atoms with Crippen LogP contribution < -0.4 is 0 Å². The number of rotatable bonds is 31. The molecule has 1 N–H and O–H groups in total. The van der Waals surface area contributed by atoms with E-state index in [-0.39, 0.29) is 5.57 Å². The topological polar surface area (TPSA) is 120 Å². The van der Waals surface area contributed by atoms with Gasteiger partial charge in [-0.15, -0.1) is 0 Å². The van der Waals surface area contributed by atoms with Gasteiger partial charge in [0.2, 0.25) is 0 Å². The Balaban J connectivity index is 3.27. The van der Waals surface area contributed by atoms with Crippen molar-refractivity contribution in [1.82, 2.24) is 0 Å². The van der Waals surface area contributed by atoms with Crippen LogP contribution in [0.15, 0.2) is 36.0 Å². The van der Waals surface area contributed by atoms with Crippen LogP contribution in [0, 0.1) is 0 Å². The van der Waals surface area contributed by atoms with E-state index in [0.29, 0.717) is 119 Å². The smallest absolute Gasteiger partial charge is 0.335 e. The molecule has 0 saturated carbocycles. The van der Waals surface area contributed by atoms with Gasteiger partial charge in [-0.2, -0.15) is 0 Å². The number of aliphatic carboxylic acids is 1. The minimum Gasteiger partial charge on any atom is -0.478 e. The highest BCUT2D eigenvalue weighted by Gasteiger charge is 2.03. The van der Waals surface area contributed by atoms with Crippen molar-refractivity contribution in [2.75, 3.05) is 119 Å². The summed E-state index contributed by atoms with van der Waals surface area (Å²) in [7, 11) is 1.64. The molecule has 0 amide bonds. The van der Waals surface area contributed by atoms with Gasteiger partial charge in [-0.1, -0.05) is 18.7 Å². The Morgan fingerprint density at radius 1 is 0.615 bits per heavy atom. The number of carboxylic acid groups (broad SMARTS) is 1. The average Bonchev–Trinajstić information content (AvgIpc) is 2.94. The molecule has 0 aliphatic heterocycles. The molecule has 0 bridgehead atoms. The summed E-state index contributed by atoms with van der Waals surface area (Å²) >= 11 is 0. The van der Waals surface area contributed by atoms with E-state index >= 15 is 0 Å². The van der Waals surface area contributed by atoms with E-state index in [9.17, 15) is 4.79 Å². The molecule has 0 aromatic rings. The van der Waals surface area contributed by atoms with Crippen molar-refractivity contribution >= 4 is 5.97 Å². The zero-order valence-electron chi connectivity index (χ0n) is 23.9. The molecule has 0 fully saturated rings. The van der Waals surface area contributed by atoms with Crippen molar-refractivity contribution in [3.63, 3.8) is 0 Å². The maximum atomic E-state index is 11.1. The van der Waals surface area contributed by atoms with Crippen LogP contribution >= 0.6 is 0 Å². The van der Waals surface area contributed by atoms with Gasteiger partial charge >= 0.3 is 5.97 Å². The number of hydrogen-bond donors (Lipinski definition) is 1. The lowest BCUT2D eigenvalue weighted by atomic mass is 10.1. The van der Waals surface area contributed by atoms with Gasteiger partial charge in [0.25, 0.3) is 0 Å². The van der Waals surface area contributed by atoms with Crippen molar-refractivity contribution in [1.29, 1.82) is 0 Å². The SMILES string of the molecule is C=CC(=CC(=CC)C(=O)O)CCCOCCOCCOCCOCCOCCOCCOCCOCCOC. The fraction of sp³-hybridized carbons (Fsp3) is 0.750. The standard InChI is InChI=1S/C28H50O11/c1-4-26(25-27(5-2)28(29)30)7-6-8-32-11-12-34-15-16-36-19-20-38-23-24-39-22-21-37-18-17-35-14-13-33-10-9-31-3/h4-5,25H,1,6-24H2,2-3H3,(H,29,30). The molecular formula is C28H50O11. The lowest BCUT2D eigenvalue weighted by molar-refractivity contribution is -0.132. The molecule has 11 nitrogen and oxygen atoms in total. The summed E-state index contributed by atoms with van der Waals surface area (Å²) in [6.07, 6.45) is 6.36. The van der Waals surface area contributed by atoms with Crippen molar-refractivity contribution < 1.29 is 52.5 Å². The molecule has 0 heterocycles. The summed E-state index contributed by atoms with van der Waals surface area (Å²) in [6, 6.07) is 0. The molecule has 0 atom stereocenters. The molecule has 0 aliphatic rings. The highest BCUT2D eigenvalue weighted by molar-refractivity contribution is 5.90. The predicted molar refractivity (Wildman–Crippen MR) is 147 cm³/mol. The number of carboxylic acids is 1. The average molecular weight is 563 g/mol. The fourth-order valence-corrected chi connectivity index (χ4v) is 2.86. The first-order valence-electron chi connectivity index (χ1n) is 13.5. The molecule has 0 saturated heterocycles. The Morgan fingerprint density at radius 2 is 0.949 bits per heavy atom. The van der Waals surface area contributed by atoms with Crippen LogP contribution in [0.5, 0.6) is 0 Å². The van der Waals surface area contributed by atoms with Crippen LogP contribution in [-0.4, -0.2) is 131 Å². The third kappa shape index (κ3) is 27.7. The molecule has 0 rings (SSSR count). The lowest BCUT2D eigenvalue weighted by Gasteiger charge is -2.09. The summed E-state index contributed by atoms with van der Waals surface area (Å²) < 4.78 is 48.3. The molecule has 0 spiro atoms. The third-order valence-corrected chi connectivity index (χ3v) is 4.95. The minimum absolute atomic E-state index is 0.258. The van der Waals surface area contributed by atoms with Crippen molar-refractivity contribution in [3.8, 4) is 0 Å². The van der Waals surface area contributed by atoms with Gasteiger partial charge < -0.3 is 47.7 Å². The van der Waals surface area contributed by atoms with Crippen LogP contribution in [0.3, 0.4) is 0 Å². The van der Waals surface area contributed by atoms with Crippen LogP contribution in [0.25, 0.3) is 0 Å². The van der Waals surface area contributed by atoms with Gasteiger partial charge in [0, 0.05) is 13.7 Å². The van der Waals surface area contributed by atoms with Crippen molar-refractivity contribution in [2.24, 2.45) is 0 Å². The van der Waals surface area contributed by atoms with E-state index < -0.39 is 5.97 Å². The van der Waals surface area contributed by atoms with E-state index in [0.717, 1.165) is 12.0 Å². The number of ether oxygens (including phenoxy) is 9. The molecule has 0 aliphatic carbocycles. The first kappa shape index (κ1) is 37.3. The van der Waals surface area contributed by atoms with E-state index in [1.807, 2.05) is 0 Å². The molecule has 228 valence electrons. The first-order chi connectivity index (χ1) is 19.2. The van der Waals surface area contributed by atoms with E-state index in [2.05, 4.69) is 6.58 Å². The van der Waals surface area contributed by atoms with Crippen LogP contribution in [0.1, 0.15) is 19.8 Å². The quantitative estimate of drug-likeness (QED) is 0.0763. The fourth-order valence-electron chi connectivity index (χ4n) is 2.86. The molecular weight excluding hydrogens is 512 g/mol. The Bertz CT molecular complexity index is 623. The second-order valence-corrected chi connectivity index (χ2v) is 7.97. The van der Waals surface area contributed by atoms with Gasteiger partial charge in [-0.05, 0) is 31.4 Å². The highest BCUT2D eigenvalue weighted by atomic mass is 16.6. The largest absolute Gasteiger partial charge is 0.478 e. The summed E-state index contributed by atoms with van der Waals surface area (Å²) in [5.74, 6) is -0.945. The number of hydrogen-bond acceptors (Lipinski definition) is 10. The monoisotopic (exact) mass is 562 g/mol. The minimum atomic E-state index is -0.945. The Kier molecular flexibility index (Phi) is 29.5. The van der Waals surface area contributed by atoms with Gasteiger partial charge in [0.15, 0.2) is 0 Å². The predicted octanol–water partition coefficient (Wildman–Crippen LogP) is 2.69. The number of allylic oxidation sites excluding steroid dienone is 3. The van der Waals surface area contributed by atoms with E-state index in [1.165, 1.54) is 0 Å². The summed E-state index contributed by atoms with van der Waals surface area (Å²) in [4.78, 5) is 11.1. The lowest BCUT2D eigenvalue weighted by Crippen LogP contribution is -2.15. The van der Waals surface area contributed by atoms with Gasteiger partial charge in [0.1, 0.15) is 0 Å². The Morgan fingerprint density at radius 3 is 1.23 bits per heavy atom. The van der Waals surface area contributed by atoms with Gasteiger partial charge in [-0.3, -0.25) is 0 Å². The van der Waals surface area contributed by atoms with Crippen LogP contribution in [-0.2, 0) is 47.4 Å². The van der Waals surface area contributed by atoms with Gasteiger partial charge in [-0.25, -0.2) is 4.79 Å². The van der Waals surface area contributed by atoms with E-state index in [1.54, 1.807) is 32.3 Å². The summed E-state index contributed by atoms with van der Waals surface area (Å²) in [6.45, 7) is 14.3.